The molecule has 0 spiro atoms. The summed E-state index contributed by atoms with van der Waals surface area (Å²) in [4.78, 5) is 0. The van der Waals surface area contributed by atoms with Crippen molar-refractivity contribution in [2.45, 2.75) is 90.6 Å². The van der Waals surface area contributed by atoms with Gasteiger partial charge in [-0.15, -0.1) is 0 Å². The highest BCUT2D eigenvalue weighted by Crippen LogP contribution is 2.31. The normalized spacial score (nSPS) is 38.7. The maximum atomic E-state index is 3.98. The Labute approximate surface area is 114 Å². The fourth-order valence-electron chi connectivity index (χ4n) is 3.94. The second-order valence-corrected chi connectivity index (χ2v) is 7.33. The van der Waals surface area contributed by atoms with Crippen LogP contribution in [0.3, 0.4) is 0 Å². The highest BCUT2D eigenvalue weighted by Gasteiger charge is 2.25. The Bertz CT molecular complexity index is 228. The van der Waals surface area contributed by atoms with E-state index < -0.39 is 0 Å². The van der Waals surface area contributed by atoms with Gasteiger partial charge in [0.05, 0.1) is 0 Å². The molecule has 0 bridgehead atoms. The number of hydrogen-bond acceptors (Lipinski definition) is 1. The van der Waals surface area contributed by atoms with Crippen LogP contribution >= 0.6 is 0 Å². The summed E-state index contributed by atoms with van der Waals surface area (Å²) < 4.78 is 0. The summed E-state index contributed by atoms with van der Waals surface area (Å²) >= 11 is 0. The molecule has 0 aliphatic heterocycles. The average molecular weight is 251 g/mol. The van der Waals surface area contributed by atoms with Crippen molar-refractivity contribution in [3.63, 3.8) is 0 Å². The summed E-state index contributed by atoms with van der Waals surface area (Å²) in [5, 5.41) is 3.98. The third-order valence-electron chi connectivity index (χ3n) is 5.44. The van der Waals surface area contributed by atoms with E-state index >= 15 is 0 Å². The van der Waals surface area contributed by atoms with E-state index in [1.54, 1.807) is 0 Å². The van der Waals surface area contributed by atoms with Crippen LogP contribution in [0.5, 0.6) is 0 Å². The van der Waals surface area contributed by atoms with E-state index in [0.29, 0.717) is 0 Å². The van der Waals surface area contributed by atoms with Crippen molar-refractivity contribution >= 4 is 0 Å². The van der Waals surface area contributed by atoms with Gasteiger partial charge >= 0.3 is 0 Å². The first-order valence-corrected chi connectivity index (χ1v) is 8.41. The quantitative estimate of drug-likeness (QED) is 0.713. The van der Waals surface area contributed by atoms with Gasteiger partial charge in [0.1, 0.15) is 0 Å². The van der Waals surface area contributed by atoms with Gasteiger partial charge in [-0.25, -0.2) is 0 Å². The molecule has 106 valence electrons. The van der Waals surface area contributed by atoms with Gasteiger partial charge in [-0.05, 0) is 62.7 Å². The zero-order valence-electron chi connectivity index (χ0n) is 12.8. The van der Waals surface area contributed by atoms with Gasteiger partial charge in [0.25, 0.3) is 0 Å². The minimum absolute atomic E-state index is 0.829. The van der Waals surface area contributed by atoms with Gasteiger partial charge in [0.2, 0.25) is 0 Å². The van der Waals surface area contributed by atoms with E-state index in [1.165, 1.54) is 57.8 Å². The van der Waals surface area contributed by atoms with Gasteiger partial charge in [0.15, 0.2) is 0 Å². The van der Waals surface area contributed by atoms with E-state index in [-0.39, 0.29) is 0 Å². The lowest BCUT2D eigenvalue weighted by molar-refractivity contribution is 0.224. The molecule has 0 heterocycles. The van der Waals surface area contributed by atoms with Gasteiger partial charge < -0.3 is 5.32 Å². The van der Waals surface area contributed by atoms with Crippen molar-refractivity contribution in [3.05, 3.63) is 0 Å². The number of rotatable bonds is 3. The third kappa shape index (κ3) is 4.26. The molecule has 1 heteroatoms. The maximum Gasteiger partial charge on any atom is 0.00698 e. The summed E-state index contributed by atoms with van der Waals surface area (Å²) in [6.07, 6.45) is 13.0. The van der Waals surface area contributed by atoms with Crippen LogP contribution in [0, 0.1) is 17.8 Å². The second-order valence-electron chi connectivity index (χ2n) is 7.33. The van der Waals surface area contributed by atoms with Crippen LogP contribution in [0.15, 0.2) is 0 Å². The predicted molar refractivity (Wildman–Crippen MR) is 79.8 cm³/mol. The molecule has 2 saturated carbocycles. The fraction of sp³-hybridized carbons (Fsp3) is 1.00. The summed E-state index contributed by atoms with van der Waals surface area (Å²) in [7, 11) is 0. The Balaban J connectivity index is 1.71. The molecular formula is C17H33N. The zero-order chi connectivity index (χ0) is 13.0. The highest BCUT2D eigenvalue weighted by atomic mass is 14.9. The molecule has 0 aromatic heterocycles. The lowest BCUT2D eigenvalue weighted by Gasteiger charge is -2.33. The number of nitrogens with one attached hydrogen (secondary N) is 1. The summed E-state index contributed by atoms with van der Waals surface area (Å²) in [6.45, 7) is 7.21. The smallest absolute Gasteiger partial charge is 0.00698 e. The van der Waals surface area contributed by atoms with Crippen LogP contribution in [0.4, 0.5) is 0 Å². The zero-order valence-corrected chi connectivity index (χ0v) is 12.8. The van der Waals surface area contributed by atoms with Crippen molar-refractivity contribution < 1.29 is 0 Å². The predicted octanol–water partition coefficient (Wildman–Crippen LogP) is 4.76. The third-order valence-corrected chi connectivity index (χ3v) is 5.44. The van der Waals surface area contributed by atoms with Crippen molar-refractivity contribution in [2.24, 2.45) is 17.8 Å². The molecule has 0 aromatic carbocycles. The molecule has 2 aliphatic rings. The molecule has 0 amide bonds. The SMILES string of the molecule is CC1CCCC(NC2CCC(C(C)C)CC2)CC1. The summed E-state index contributed by atoms with van der Waals surface area (Å²) in [5.74, 6) is 2.86. The molecule has 2 atom stereocenters. The van der Waals surface area contributed by atoms with Crippen molar-refractivity contribution in [2.75, 3.05) is 0 Å². The van der Waals surface area contributed by atoms with Crippen LogP contribution < -0.4 is 5.32 Å². The molecule has 18 heavy (non-hydrogen) atoms. The Morgan fingerprint density at radius 1 is 0.778 bits per heavy atom. The average Bonchev–Trinajstić information content (AvgIpc) is 2.55. The van der Waals surface area contributed by atoms with Crippen molar-refractivity contribution in [1.29, 1.82) is 0 Å². The van der Waals surface area contributed by atoms with Crippen LogP contribution in [0.2, 0.25) is 0 Å². The Morgan fingerprint density at radius 2 is 1.39 bits per heavy atom. The minimum Gasteiger partial charge on any atom is -0.311 e. The van der Waals surface area contributed by atoms with E-state index in [9.17, 15) is 0 Å². The first-order valence-electron chi connectivity index (χ1n) is 8.41. The lowest BCUT2D eigenvalue weighted by atomic mass is 9.79. The van der Waals surface area contributed by atoms with E-state index in [4.69, 9.17) is 0 Å². The molecule has 2 fully saturated rings. The molecule has 1 N–H and O–H groups in total. The molecular weight excluding hydrogens is 218 g/mol. The minimum atomic E-state index is 0.829. The largest absolute Gasteiger partial charge is 0.311 e. The second kappa shape index (κ2) is 6.93. The lowest BCUT2D eigenvalue weighted by Crippen LogP contribution is -2.40. The Hall–Kier alpha value is -0.0400. The first kappa shape index (κ1) is 14.4. The monoisotopic (exact) mass is 251 g/mol. The van der Waals surface area contributed by atoms with E-state index in [2.05, 4.69) is 26.1 Å². The standard InChI is InChI=1S/C17H33N/c1-13(2)15-8-11-17(12-9-15)18-16-6-4-5-14(3)7-10-16/h13-18H,4-12H2,1-3H3. The van der Waals surface area contributed by atoms with Crippen molar-refractivity contribution in [3.8, 4) is 0 Å². The van der Waals surface area contributed by atoms with Crippen LogP contribution in [-0.4, -0.2) is 12.1 Å². The van der Waals surface area contributed by atoms with Gasteiger partial charge in [-0.2, -0.15) is 0 Å². The van der Waals surface area contributed by atoms with Crippen LogP contribution in [0.25, 0.3) is 0 Å². The first-order chi connectivity index (χ1) is 8.65. The van der Waals surface area contributed by atoms with Crippen LogP contribution in [-0.2, 0) is 0 Å². The Morgan fingerprint density at radius 3 is 2.06 bits per heavy atom. The summed E-state index contributed by atoms with van der Waals surface area (Å²) in [5.41, 5.74) is 0. The van der Waals surface area contributed by atoms with E-state index in [0.717, 1.165) is 29.8 Å². The Kier molecular flexibility index (Phi) is 5.54. The molecule has 2 rings (SSSR count). The van der Waals surface area contributed by atoms with Gasteiger partial charge in [0, 0.05) is 12.1 Å². The topological polar surface area (TPSA) is 12.0 Å². The molecule has 0 aromatic rings. The van der Waals surface area contributed by atoms with Crippen molar-refractivity contribution in [1.82, 2.24) is 5.32 Å². The van der Waals surface area contributed by atoms with Crippen LogP contribution in [0.1, 0.15) is 78.6 Å². The maximum absolute atomic E-state index is 3.98. The van der Waals surface area contributed by atoms with Gasteiger partial charge in [-0.1, -0.05) is 33.6 Å². The van der Waals surface area contributed by atoms with E-state index in [1.807, 2.05) is 0 Å². The molecule has 1 nitrogen and oxygen atoms in total. The molecule has 2 unspecified atom stereocenters. The fourth-order valence-corrected chi connectivity index (χ4v) is 3.94. The van der Waals surface area contributed by atoms with Gasteiger partial charge in [-0.3, -0.25) is 0 Å². The molecule has 0 saturated heterocycles. The molecule has 0 radical (unpaired) electrons. The molecule has 2 aliphatic carbocycles. The highest BCUT2D eigenvalue weighted by molar-refractivity contribution is 4.83. The summed E-state index contributed by atoms with van der Waals surface area (Å²) in [6, 6.07) is 1.66. The number of hydrogen-bond donors (Lipinski definition) is 1.